The zero-order valence-corrected chi connectivity index (χ0v) is 13.1. The third-order valence-electron chi connectivity index (χ3n) is 4.78. The Morgan fingerprint density at radius 3 is 2.50 bits per heavy atom. The van der Waals surface area contributed by atoms with Crippen LogP contribution in [0.3, 0.4) is 0 Å². The minimum atomic E-state index is -0.228. The van der Waals surface area contributed by atoms with Gasteiger partial charge >= 0.3 is 0 Å². The number of carbonyl (C=O) groups is 1. The second-order valence-electron chi connectivity index (χ2n) is 5.64. The fraction of sp³-hybridized carbons (Fsp3) is 0.750. The predicted molar refractivity (Wildman–Crippen MR) is 80.7 cm³/mol. The predicted octanol–water partition coefficient (Wildman–Crippen LogP) is 2.67. The Hall–Kier alpha value is -1.16. The molecule has 0 atom stereocenters. The molecule has 0 bridgehead atoms. The van der Waals surface area contributed by atoms with E-state index in [4.69, 9.17) is 0 Å². The zero-order valence-electron chi connectivity index (χ0n) is 13.1. The molecule has 0 N–H and O–H groups in total. The molecule has 4 heteroatoms. The highest BCUT2D eigenvalue weighted by atomic mass is 16.1. The van der Waals surface area contributed by atoms with Crippen molar-refractivity contribution in [1.29, 1.82) is 0 Å². The minimum Gasteiger partial charge on any atom is -0.335 e. The molecule has 1 heterocycles. The van der Waals surface area contributed by atoms with Gasteiger partial charge in [0.1, 0.15) is 5.82 Å². The normalized spacial score (nSPS) is 17.8. The molecule has 0 saturated heterocycles. The first-order valence-electron chi connectivity index (χ1n) is 7.96. The zero-order chi connectivity index (χ0) is 14.6. The van der Waals surface area contributed by atoms with Crippen LogP contribution in [0.2, 0.25) is 0 Å². The van der Waals surface area contributed by atoms with Gasteiger partial charge in [-0.25, -0.2) is 4.98 Å². The van der Waals surface area contributed by atoms with Crippen LogP contribution in [0.25, 0.3) is 0 Å². The number of Topliss-reactive ketones (excluding diaryl/α,β-unsaturated/α-hetero) is 1. The van der Waals surface area contributed by atoms with E-state index < -0.39 is 0 Å². The van der Waals surface area contributed by atoms with Crippen LogP contribution < -0.4 is 0 Å². The van der Waals surface area contributed by atoms with Gasteiger partial charge in [-0.3, -0.25) is 9.69 Å². The van der Waals surface area contributed by atoms with Gasteiger partial charge in [-0.15, -0.1) is 0 Å². The fourth-order valence-corrected chi connectivity index (χ4v) is 3.66. The lowest BCUT2D eigenvalue weighted by Crippen LogP contribution is -2.53. The Morgan fingerprint density at radius 2 is 1.95 bits per heavy atom. The minimum absolute atomic E-state index is 0.228. The molecule has 1 aliphatic rings. The molecule has 0 aromatic carbocycles. The van der Waals surface area contributed by atoms with E-state index in [9.17, 15) is 4.79 Å². The van der Waals surface area contributed by atoms with E-state index in [1.54, 1.807) is 6.20 Å². The van der Waals surface area contributed by atoms with Crippen LogP contribution in [-0.2, 0) is 17.8 Å². The number of aromatic nitrogens is 2. The lowest BCUT2D eigenvalue weighted by molar-refractivity contribution is -0.130. The van der Waals surface area contributed by atoms with E-state index in [1.807, 2.05) is 6.20 Å². The van der Waals surface area contributed by atoms with E-state index in [-0.39, 0.29) is 5.54 Å². The molecule has 0 radical (unpaired) electrons. The number of aryl methyl sites for hydroxylation is 1. The van der Waals surface area contributed by atoms with Crippen LogP contribution in [0.1, 0.15) is 52.3 Å². The summed E-state index contributed by atoms with van der Waals surface area (Å²) in [6.45, 7) is 9.18. The summed E-state index contributed by atoms with van der Waals surface area (Å²) in [5.41, 5.74) is -0.228. The van der Waals surface area contributed by atoms with Crippen molar-refractivity contribution in [3.05, 3.63) is 18.2 Å². The molecule has 0 unspecified atom stereocenters. The van der Waals surface area contributed by atoms with Gasteiger partial charge in [0.15, 0.2) is 5.78 Å². The lowest BCUT2D eigenvalue weighted by Gasteiger charge is -2.39. The third-order valence-corrected chi connectivity index (χ3v) is 4.78. The van der Waals surface area contributed by atoms with E-state index >= 15 is 0 Å². The Morgan fingerprint density at radius 1 is 1.30 bits per heavy atom. The Balaban J connectivity index is 2.19. The van der Waals surface area contributed by atoms with Crippen LogP contribution in [0.5, 0.6) is 0 Å². The molecule has 4 nitrogen and oxygen atoms in total. The summed E-state index contributed by atoms with van der Waals surface area (Å²) in [5.74, 6) is 1.27. The fourth-order valence-electron chi connectivity index (χ4n) is 3.66. The second-order valence-corrected chi connectivity index (χ2v) is 5.64. The Bertz CT molecular complexity index is 442. The molecular weight excluding hydrogens is 250 g/mol. The molecule has 0 amide bonds. The van der Waals surface area contributed by atoms with Crippen molar-refractivity contribution < 1.29 is 4.79 Å². The highest BCUT2D eigenvalue weighted by Gasteiger charge is 2.44. The van der Waals surface area contributed by atoms with E-state index in [1.165, 1.54) is 12.8 Å². The number of likely N-dealkylation sites (N-methyl/N-ethyl adjacent to an activating group) is 1. The topological polar surface area (TPSA) is 38.1 Å². The van der Waals surface area contributed by atoms with Gasteiger partial charge in [0.05, 0.1) is 12.0 Å². The second kappa shape index (κ2) is 6.53. The van der Waals surface area contributed by atoms with Crippen LogP contribution in [0.4, 0.5) is 0 Å². The van der Waals surface area contributed by atoms with Gasteiger partial charge in [-0.05, 0) is 32.9 Å². The maximum Gasteiger partial charge on any atom is 0.160 e. The molecule has 0 aliphatic heterocycles. The maximum absolute atomic E-state index is 13.0. The van der Waals surface area contributed by atoms with Crippen molar-refractivity contribution in [2.75, 3.05) is 13.1 Å². The van der Waals surface area contributed by atoms with Crippen LogP contribution >= 0.6 is 0 Å². The SMILES string of the molecule is CCN(CC)C1(C(=O)Cc2nccn2CC)CCCC1. The molecule has 1 aromatic rings. The monoisotopic (exact) mass is 277 g/mol. The first kappa shape index (κ1) is 15.2. The number of nitrogens with zero attached hydrogens (tertiary/aromatic N) is 3. The van der Waals surface area contributed by atoms with Crippen molar-refractivity contribution in [3.8, 4) is 0 Å². The molecule has 1 saturated carbocycles. The molecule has 112 valence electrons. The van der Waals surface area contributed by atoms with E-state index in [0.29, 0.717) is 12.2 Å². The molecule has 0 spiro atoms. The van der Waals surface area contributed by atoms with E-state index in [0.717, 1.165) is 38.3 Å². The number of carbonyl (C=O) groups excluding carboxylic acids is 1. The third kappa shape index (κ3) is 2.66. The average molecular weight is 277 g/mol. The van der Waals surface area contributed by atoms with Gasteiger partial charge in [0.25, 0.3) is 0 Å². The maximum atomic E-state index is 13.0. The van der Waals surface area contributed by atoms with Crippen LogP contribution in [0, 0.1) is 0 Å². The summed E-state index contributed by atoms with van der Waals surface area (Å²) in [6, 6.07) is 0. The number of rotatable bonds is 7. The molecule has 1 aromatic heterocycles. The summed E-state index contributed by atoms with van der Waals surface area (Å²) in [6.07, 6.45) is 8.60. The molecule has 2 rings (SSSR count). The highest BCUT2D eigenvalue weighted by Crippen LogP contribution is 2.36. The van der Waals surface area contributed by atoms with Crippen molar-refractivity contribution in [1.82, 2.24) is 14.5 Å². The van der Waals surface area contributed by atoms with Crippen molar-refractivity contribution in [2.24, 2.45) is 0 Å². The van der Waals surface area contributed by atoms with Crippen LogP contribution in [0.15, 0.2) is 12.4 Å². The Labute approximate surface area is 122 Å². The highest BCUT2D eigenvalue weighted by molar-refractivity contribution is 5.90. The molecule has 1 fully saturated rings. The Kier molecular flexibility index (Phi) is 4.97. The van der Waals surface area contributed by atoms with Gasteiger partial charge < -0.3 is 4.57 Å². The number of imidazole rings is 1. The van der Waals surface area contributed by atoms with Crippen molar-refractivity contribution in [3.63, 3.8) is 0 Å². The molecule has 20 heavy (non-hydrogen) atoms. The van der Waals surface area contributed by atoms with Gasteiger partial charge in [0.2, 0.25) is 0 Å². The van der Waals surface area contributed by atoms with Crippen molar-refractivity contribution >= 4 is 5.78 Å². The summed E-state index contributed by atoms with van der Waals surface area (Å²) < 4.78 is 2.07. The van der Waals surface area contributed by atoms with E-state index in [2.05, 4.69) is 35.2 Å². The van der Waals surface area contributed by atoms with Crippen molar-refractivity contribution in [2.45, 2.75) is 65.0 Å². The lowest BCUT2D eigenvalue weighted by atomic mass is 9.87. The number of hydrogen-bond donors (Lipinski definition) is 0. The van der Waals surface area contributed by atoms with Gasteiger partial charge in [-0.1, -0.05) is 26.7 Å². The van der Waals surface area contributed by atoms with Gasteiger partial charge in [0, 0.05) is 18.9 Å². The first-order valence-corrected chi connectivity index (χ1v) is 7.96. The standard InChI is InChI=1S/C16H27N3O/c1-4-18-12-11-17-15(18)13-14(20)16(9-7-8-10-16)19(5-2)6-3/h11-12H,4-10,13H2,1-3H3. The van der Waals surface area contributed by atoms with Gasteiger partial charge in [-0.2, -0.15) is 0 Å². The smallest absolute Gasteiger partial charge is 0.160 e. The summed E-state index contributed by atoms with van der Waals surface area (Å²) in [7, 11) is 0. The molecule has 1 aliphatic carbocycles. The summed E-state index contributed by atoms with van der Waals surface area (Å²) in [5, 5.41) is 0. The number of ketones is 1. The average Bonchev–Trinajstić information content (AvgIpc) is 3.09. The summed E-state index contributed by atoms with van der Waals surface area (Å²) in [4.78, 5) is 19.7. The van der Waals surface area contributed by atoms with Crippen LogP contribution in [-0.4, -0.2) is 38.9 Å². The summed E-state index contributed by atoms with van der Waals surface area (Å²) >= 11 is 0. The number of hydrogen-bond acceptors (Lipinski definition) is 3. The largest absolute Gasteiger partial charge is 0.335 e. The molecular formula is C16H27N3O. The first-order chi connectivity index (χ1) is 9.67. The quantitative estimate of drug-likeness (QED) is 0.769.